The van der Waals surface area contributed by atoms with E-state index in [1.807, 2.05) is 31.2 Å². The number of fused-ring (bicyclic) bond motifs is 1. The molecule has 1 heterocycles. The summed E-state index contributed by atoms with van der Waals surface area (Å²) in [4.78, 5) is 7.39. The molecule has 0 fully saturated rings. The van der Waals surface area contributed by atoms with Crippen molar-refractivity contribution in [2.45, 2.75) is 25.6 Å². The Balaban J connectivity index is 2.05. The minimum Gasteiger partial charge on any atom is -0.363 e. The molecule has 2 aromatic carbocycles. The number of para-hydroxylation sites is 1. The number of benzene rings is 2. The minimum atomic E-state index is -4.60. The Labute approximate surface area is 151 Å². The zero-order valence-electron chi connectivity index (χ0n) is 13.3. The number of halogens is 4. The first-order chi connectivity index (χ1) is 11.9. The Kier molecular flexibility index (Phi) is 4.94. The molecule has 0 spiro atoms. The maximum absolute atomic E-state index is 13.1. The molecule has 0 bridgehead atoms. The van der Waals surface area contributed by atoms with Gasteiger partial charge in [0.25, 0.3) is 0 Å². The number of anilines is 1. The van der Waals surface area contributed by atoms with Crippen LogP contribution >= 0.6 is 15.9 Å². The van der Waals surface area contributed by atoms with Crippen molar-refractivity contribution in [3.05, 3.63) is 64.4 Å². The lowest BCUT2D eigenvalue weighted by molar-refractivity contribution is -0.144. The van der Waals surface area contributed by atoms with Crippen LogP contribution in [-0.4, -0.2) is 9.97 Å². The van der Waals surface area contributed by atoms with Gasteiger partial charge in [-0.2, -0.15) is 13.2 Å². The Hall–Kier alpha value is -2.15. The van der Waals surface area contributed by atoms with Crippen molar-refractivity contribution in [3.63, 3.8) is 0 Å². The summed E-state index contributed by atoms with van der Waals surface area (Å²) in [6.07, 6.45) is -3.90. The highest BCUT2D eigenvalue weighted by Gasteiger charge is 2.35. The molecule has 7 heteroatoms. The Morgan fingerprint density at radius 1 is 1.04 bits per heavy atom. The SMILES string of the molecule is CC[C@@H](Nc1nc(C(F)(F)F)nc2ccccc12)c1ccc(Br)cc1. The third-order valence-corrected chi connectivity index (χ3v) is 4.38. The van der Waals surface area contributed by atoms with Gasteiger partial charge < -0.3 is 5.32 Å². The standard InChI is InChI=1S/C18H15BrF3N3/c1-2-14(11-7-9-12(19)10-8-11)23-16-13-5-3-4-6-15(13)24-17(25-16)18(20,21)22/h3-10,14H,2H2,1H3,(H,23,24,25)/t14-/m1/s1. The van der Waals surface area contributed by atoms with Crippen molar-refractivity contribution in [1.82, 2.24) is 9.97 Å². The van der Waals surface area contributed by atoms with Crippen LogP contribution in [0.25, 0.3) is 10.9 Å². The van der Waals surface area contributed by atoms with E-state index in [-0.39, 0.29) is 17.4 Å². The molecular formula is C18H15BrF3N3. The first-order valence-corrected chi connectivity index (χ1v) is 8.53. The first-order valence-electron chi connectivity index (χ1n) is 7.74. The molecule has 1 aromatic heterocycles. The van der Waals surface area contributed by atoms with Crippen LogP contribution in [0.1, 0.15) is 30.8 Å². The summed E-state index contributed by atoms with van der Waals surface area (Å²) in [6, 6.07) is 14.2. The lowest BCUT2D eigenvalue weighted by atomic mass is 10.0. The maximum atomic E-state index is 13.1. The number of rotatable bonds is 4. The zero-order chi connectivity index (χ0) is 18.0. The van der Waals surface area contributed by atoms with Gasteiger partial charge >= 0.3 is 6.18 Å². The van der Waals surface area contributed by atoms with Crippen LogP contribution < -0.4 is 5.32 Å². The second kappa shape index (κ2) is 7.00. The van der Waals surface area contributed by atoms with E-state index in [2.05, 4.69) is 31.2 Å². The summed E-state index contributed by atoms with van der Waals surface area (Å²) >= 11 is 3.38. The summed E-state index contributed by atoms with van der Waals surface area (Å²) < 4.78 is 40.3. The summed E-state index contributed by atoms with van der Waals surface area (Å²) in [6.45, 7) is 1.97. The van der Waals surface area contributed by atoms with Crippen molar-refractivity contribution in [1.29, 1.82) is 0 Å². The molecule has 0 aliphatic carbocycles. The number of hydrogen-bond donors (Lipinski definition) is 1. The van der Waals surface area contributed by atoms with Crippen molar-refractivity contribution in [3.8, 4) is 0 Å². The summed E-state index contributed by atoms with van der Waals surface area (Å²) in [5.74, 6) is -0.952. The highest BCUT2D eigenvalue weighted by molar-refractivity contribution is 9.10. The fourth-order valence-corrected chi connectivity index (χ4v) is 2.86. The van der Waals surface area contributed by atoms with Crippen molar-refractivity contribution >= 4 is 32.7 Å². The maximum Gasteiger partial charge on any atom is 0.451 e. The van der Waals surface area contributed by atoms with Gasteiger partial charge in [0.1, 0.15) is 5.82 Å². The number of hydrogen-bond acceptors (Lipinski definition) is 3. The lowest BCUT2D eigenvalue weighted by Gasteiger charge is -2.20. The quantitative estimate of drug-likeness (QED) is 0.576. The van der Waals surface area contributed by atoms with Crippen LogP contribution in [0.5, 0.6) is 0 Å². The van der Waals surface area contributed by atoms with E-state index in [0.29, 0.717) is 11.8 Å². The highest BCUT2D eigenvalue weighted by atomic mass is 79.9. The highest BCUT2D eigenvalue weighted by Crippen LogP contribution is 2.32. The van der Waals surface area contributed by atoms with E-state index in [1.54, 1.807) is 24.3 Å². The molecule has 0 aliphatic heterocycles. The molecule has 0 saturated heterocycles. The number of nitrogens with zero attached hydrogens (tertiary/aromatic N) is 2. The fraction of sp³-hybridized carbons (Fsp3) is 0.222. The van der Waals surface area contributed by atoms with E-state index in [9.17, 15) is 13.2 Å². The van der Waals surface area contributed by atoms with E-state index in [1.165, 1.54) is 0 Å². The molecule has 0 amide bonds. The Bertz CT molecular complexity index is 879. The van der Waals surface area contributed by atoms with E-state index < -0.39 is 12.0 Å². The van der Waals surface area contributed by atoms with Gasteiger partial charge in [-0.25, -0.2) is 9.97 Å². The van der Waals surface area contributed by atoms with Crippen molar-refractivity contribution in [2.24, 2.45) is 0 Å². The normalized spacial score (nSPS) is 13.0. The van der Waals surface area contributed by atoms with E-state index in [4.69, 9.17) is 0 Å². The van der Waals surface area contributed by atoms with Crippen LogP contribution in [0.15, 0.2) is 53.0 Å². The third-order valence-electron chi connectivity index (χ3n) is 3.85. The van der Waals surface area contributed by atoms with E-state index in [0.717, 1.165) is 10.0 Å². The molecule has 3 rings (SSSR count). The minimum absolute atomic E-state index is 0.160. The van der Waals surface area contributed by atoms with Gasteiger partial charge in [-0.15, -0.1) is 0 Å². The number of nitrogens with one attached hydrogen (secondary N) is 1. The molecule has 3 aromatic rings. The molecule has 25 heavy (non-hydrogen) atoms. The van der Waals surface area contributed by atoms with Crippen LogP contribution in [0.3, 0.4) is 0 Å². The summed E-state index contributed by atoms with van der Waals surface area (Å²) in [5, 5.41) is 3.71. The van der Waals surface area contributed by atoms with Gasteiger partial charge in [0.2, 0.25) is 5.82 Å². The predicted octanol–water partition coefficient (Wildman–Crippen LogP) is 5.97. The molecule has 130 valence electrons. The monoisotopic (exact) mass is 409 g/mol. The molecule has 3 nitrogen and oxygen atoms in total. The Morgan fingerprint density at radius 2 is 1.72 bits per heavy atom. The molecule has 1 atom stereocenters. The van der Waals surface area contributed by atoms with Gasteiger partial charge in [0.05, 0.1) is 11.6 Å². The fourth-order valence-electron chi connectivity index (χ4n) is 2.59. The van der Waals surface area contributed by atoms with Gasteiger partial charge in [0, 0.05) is 9.86 Å². The Morgan fingerprint density at radius 3 is 2.36 bits per heavy atom. The molecule has 0 radical (unpaired) electrons. The average Bonchev–Trinajstić information content (AvgIpc) is 2.59. The van der Waals surface area contributed by atoms with Gasteiger partial charge in [0.15, 0.2) is 0 Å². The number of aromatic nitrogens is 2. The molecule has 0 aliphatic rings. The zero-order valence-corrected chi connectivity index (χ0v) is 14.9. The lowest BCUT2D eigenvalue weighted by Crippen LogP contribution is -2.16. The van der Waals surface area contributed by atoms with Gasteiger partial charge in [-0.05, 0) is 36.2 Å². The average molecular weight is 410 g/mol. The predicted molar refractivity (Wildman–Crippen MR) is 95.3 cm³/mol. The summed E-state index contributed by atoms with van der Waals surface area (Å²) in [7, 11) is 0. The van der Waals surface area contributed by atoms with Gasteiger partial charge in [-0.3, -0.25) is 0 Å². The molecule has 0 saturated carbocycles. The van der Waals surface area contributed by atoms with Crippen LogP contribution in [-0.2, 0) is 6.18 Å². The second-order valence-electron chi connectivity index (χ2n) is 5.57. The summed E-state index contributed by atoms with van der Waals surface area (Å²) in [5.41, 5.74) is 1.24. The van der Waals surface area contributed by atoms with Crippen LogP contribution in [0.2, 0.25) is 0 Å². The van der Waals surface area contributed by atoms with Crippen molar-refractivity contribution in [2.75, 3.05) is 5.32 Å². The van der Waals surface area contributed by atoms with Crippen LogP contribution in [0, 0.1) is 0 Å². The molecule has 0 unspecified atom stereocenters. The van der Waals surface area contributed by atoms with E-state index >= 15 is 0 Å². The third kappa shape index (κ3) is 3.92. The van der Waals surface area contributed by atoms with Crippen LogP contribution in [0.4, 0.5) is 19.0 Å². The number of alkyl halides is 3. The molecule has 1 N–H and O–H groups in total. The molecular weight excluding hydrogens is 395 g/mol. The largest absolute Gasteiger partial charge is 0.451 e. The van der Waals surface area contributed by atoms with Gasteiger partial charge in [-0.1, -0.05) is 47.1 Å². The second-order valence-corrected chi connectivity index (χ2v) is 6.48. The topological polar surface area (TPSA) is 37.8 Å². The van der Waals surface area contributed by atoms with Crippen molar-refractivity contribution < 1.29 is 13.2 Å². The smallest absolute Gasteiger partial charge is 0.363 e. The first kappa shape index (κ1) is 17.7.